The van der Waals surface area contributed by atoms with Crippen LogP contribution in [0.5, 0.6) is 0 Å². The standard InChI is InChI=1S/C20H18Cl2N4O2S3/c1-11(17(27)23-15-7-3-13(21)4-8-15)29-19-25-20(31-26-19)30-12(2)18(28)24-16-9-5-14(22)6-10-16/h3-12H,1-2H3,(H,23,27)(H,24,28)/t11-,12-/m0/s1. The highest BCUT2D eigenvalue weighted by atomic mass is 35.5. The number of nitrogens with zero attached hydrogens (tertiary/aromatic N) is 2. The molecule has 0 radical (unpaired) electrons. The molecule has 0 saturated heterocycles. The monoisotopic (exact) mass is 512 g/mol. The van der Waals surface area contributed by atoms with Gasteiger partial charge in [-0.25, -0.2) is 4.98 Å². The number of aromatic nitrogens is 2. The lowest BCUT2D eigenvalue weighted by molar-refractivity contribution is -0.116. The van der Waals surface area contributed by atoms with Crippen LogP contribution in [0.25, 0.3) is 0 Å². The van der Waals surface area contributed by atoms with Crippen LogP contribution >= 0.6 is 58.3 Å². The molecule has 162 valence electrons. The molecule has 0 saturated carbocycles. The number of amides is 2. The average Bonchev–Trinajstić information content (AvgIpc) is 3.17. The Morgan fingerprint density at radius 3 is 1.77 bits per heavy atom. The van der Waals surface area contributed by atoms with Crippen LogP contribution in [0.4, 0.5) is 11.4 Å². The Bertz CT molecular complexity index is 963. The third-order valence-electron chi connectivity index (χ3n) is 3.91. The molecule has 1 aromatic heterocycles. The number of rotatable bonds is 8. The van der Waals surface area contributed by atoms with Crippen LogP contribution in [0.3, 0.4) is 0 Å². The fraction of sp³-hybridized carbons (Fsp3) is 0.200. The van der Waals surface area contributed by atoms with Crippen LogP contribution in [-0.2, 0) is 9.59 Å². The zero-order valence-electron chi connectivity index (χ0n) is 16.5. The Labute approximate surface area is 202 Å². The summed E-state index contributed by atoms with van der Waals surface area (Å²) in [6, 6.07) is 13.8. The number of carbonyl (C=O) groups excluding carboxylic acids is 2. The first-order chi connectivity index (χ1) is 14.8. The van der Waals surface area contributed by atoms with Gasteiger partial charge in [0.15, 0.2) is 4.34 Å². The highest BCUT2D eigenvalue weighted by Crippen LogP contribution is 2.30. The molecule has 31 heavy (non-hydrogen) atoms. The topological polar surface area (TPSA) is 84.0 Å². The highest BCUT2D eigenvalue weighted by molar-refractivity contribution is 8.02. The van der Waals surface area contributed by atoms with Crippen molar-refractivity contribution in [2.24, 2.45) is 0 Å². The molecule has 3 aromatic rings. The van der Waals surface area contributed by atoms with Gasteiger partial charge in [-0.3, -0.25) is 9.59 Å². The Hall–Kier alpha value is -1.78. The van der Waals surface area contributed by atoms with Gasteiger partial charge in [0.25, 0.3) is 0 Å². The first kappa shape index (κ1) is 23.9. The largest absolute Gasteiger partial charge is 0.325 e. The maximum atomic E-state index is 12.4. The first-order valence-corrected chi connectivity index (χ1v) is 12.4. The van der Waals surface area contributed by atoms with E-state index in [0.29, 0.717) is 30.9 Å². The molecule has 0 aliphatic carbocycles. The van der Waals surface area contributed by atoms with E-state index < -0.39 is 5.25 Å². The Morgan fingerprint density at radius 2 is 1.29 bits per heavy atom. The Balaban J connectivity index is 1.50. The summed E-state index contributed by atoms with van der Waals surface area (Å²) in [6.45, 7) is 3.58. The maximum Gasteiger partial charge on any atom is 0.237 e. The van der Waals surface area contributed by atoms with Gasteiger partial charge >= 0.3 is 0 Å². The van der Waals surface area contributed by atoms with E-state index in [2.05, 4.69) is 20.0 Å². The number of thioether (sulfide) groups is 2. The fourth-order valence-electron chi connectivity index (χ4n) is 2.26. The SMILES string of the molecule is C[C@H](Sc1nsc(S[C@@H](C)C(=O)Nc2ccc(Cl)cc2)n1)C(=O)Nc1ccc(Cl)cc1. The molecule has 0 fully saturated rings. The lowest BCUT2D eigenvalue weighted by atomic mass is 10.3. The number of nitrogens with one attached hydrogen (secondary N) is 2. The quantitative estimate of drug-likeness (QED) is 0.355. The Kier molecular flexibility index (Phi) is 8.62. The van der Waals surface area contributed by atoms with Crippen molar-refractivity contribution < 1.29 is 9.59 Å². The number of halogens is 2. The second-order valence-electron chi connectivity index (χ2n) is 6.36. The van der Waals surface area contributed by atoms with Crippen molar-refractivity contribution in [3.63, 3.8) is 0 Å². The maximum absolute atomic E-state index is 12.4. The summed E-state index contributed by atoms with van der Waals surface area (Å²) in [4.78, 5) is 29.2. The summed E-state index contributed by atoms with van der Waals surface area (Å²) in [6.07, 6.45) is 0. The van der Waals surface area contributed by atoms with Gasteiger partial charge in [0.05, 0.1) is 10.5 Å². The number of hydrogen-bond donors (Lipinski definition) is 2. The lowest BCUT2D eigenvalue weighted by Crippen LogP contribution is -2.22. The molecular weight excluding hydrogens is 495 g/mol. The van der Waals surface area contributed by atoms with E-state index in [0.717, 1.165) is 0 Å². The molecule has 3 rings (SSSR count). The minimum atomic E-state index is -0.395. The van der Waals surface area contributed by atoms with Gasteiger partial charge in [-0.15, -0.1) is 0 Å². The van der Waals surface area contributed by atoms with Crippen LogP contribution < -0.4 is 10.6 Å². The van der Waals surface area contributed by atoms with E-state index in [1.807, 2.05) is 0 Å². The molecule has 0 bridgehead atoms. The van der Waals surface area contributed by atoms with Gasteiger partial charge < -0.3 is 10.6 Å². The zero-order valence-corrected chi connectivity index (χ0v) is 20.4. The van der Waals surface area contributed by atoms with E-state index >= 15 is 0 Å². The van der Waals surface area contributed by atoms with Gasteiger partial charge in [0, 0.05) is 21.4 Å². The third kappa shape index (κ3) is 7.40. The minimum absolute atomic E-state index is 0.146. The molecule has 2 N–H and O–H groups in total. The second-order valence-corrected chi connectivity index (χ2v) is 10.9. The Morgan fingerprint density at radius 1 is 0.839 bits per heavy atom. The van der Waals surface area contributed by atoms with Crippen LogP contribution in [0, 0.1) is 0 Å². The number of anilines is 2. The number of benzene rings is 2. The van der Waals surface area contributed by atoms with Crippen molar-refractivity contribution in [1.29, 1.82) is 0 Å². The van der Waals surface area contributed by atoms with Gasteiger partial charge in [-0.05, 0) is 73.9 Å². The van der Waals surface area contributed by atoms with Crippen molar-refractivity contribution in [2.45, 2.75) is 33.8 Å². The molecule has 0 unspecified atom stereocenters. The molecule has 0 aliphatic rings. The summed E-state index contributed by atoms with van der Waals surface area (Å²) in [7, 11) is 0. The average molecular weight is 513 g/mol. The third-order valence-corrected chi connectivity index (χ3v) is 7.38. The van der Waals surface area contributed by atoms with E-state index in [-0.39, 0.29) is 17.1 Å². The summed E-state index contributed by atoms with van der Waals surface area (Å²) in [5, 5.41) is 6.62. The van der Waals surface area contributed by atoms with E-state index in [1.165, 1.54) is 35.1 Å². The van der Waals surface area contributed by atoms with Crippen LogP contribution in [0.1, 0.15) is 13.8 Å². The van der Waals surface area contributed by atoms with E-state index in [1.54, 1.807) is 62.4 Å². The number of carbonyl (C=O) groups is 2. The molecule has 2 amide bonds. The fourth-order valence-corrected chi connectivity index (χ4v) is 5.19. The van der Waals surface area contributed by atoms with Crippen molar-refractivity contribution in [3.05, 3.63) is 58.6 Å². The van der Waals surface area contributed by atoms with Gasteiger partial charge in [0.2, 0.25) is 17.0 Å². The minimum Gasteiger partial charge on any atom is -0.325 e. The summed E-state index contributed by atoms with van der Waals surface area (Å²) in [5.74, 6) is -0.306. The smallest absolute Gasteiger partial charge is 0.237 e. The highest BCUT2D eigenvalue weighted by Gasteiger charge is 2.20. The first-order valence-electron chi connectivity index (χ1n) is 9.10. The lowest BCUT2D eigenvalue weighted by Gasteiger charge is -2.10. The van der Waals surface area contributed by atoms with Crippen LogP contribution in [-0.4, -0.2) is 31.7 Å². The molecule has 1 heterocycles. The molecule has 2 atom stereocenters. The summed E-state index contributed by atoms with van der Waals surface area (Å²) in [5.41, 5.74) is 1.35. The molecule has 0 spiro atoms. The second kappa shape index (κ2) is 11.2. The molecule has 0 aliphatic heterocycles. The van der Waals surface area contributed by atoms with Crippen molar-refractivity contribution in [2.75, 3.05) is 10.6 Å². The van der Waals surface area contributed by atoms with Gasteiger partial charge in [0.1, 0.15) is 0 Å². The van der Waals surface area contributed by atoms with Gasteiger partial charge in [-0.1, -0.05) is 46.7 Å². The number of hydrogen-bond acceptors (Lipinski definition) is 7. The van der Waals surface area contributed by atoms with Crippen molar-refractivity contribution in [1.82, 2.24) is 9.36 Å². The van der Waals surface area contributed by atoms with E-state index in [4.69, 9.17) is 23.2 Å². The van der Waals surface area contributed by atoms with Crippen molar-refractivity contribution in [3.8, 4) is 0 Å². The predicted molar refractivity (Wildman–Crippen MR) is 131 cm³/mol. The molecule has 11 heteroatoms. The summed E-state index contributed by atoms with van der Waals surface area (Å²) >= 11 is 15.5. The van der Waals surface area contributed by atoms with Crippen molar-refractivity contribution >= 4 is 81.4 Å². The predicted octanol–water partition coefficient (Wildman–Crippen LogP) is 6.08. The molecular formula is C20H18Cl2N4O2S3. The van der Waals surface area contributed by atoms with Crippen LogP contribution in [0.15, 0.2) is 58.0 Å². The van der Waals surface area contributed by atoms with E-state index in [9.17, 15) is 9.59 Å². The molecule has 2 aromatic carbocycles. The van der Waals surface area contributed by atoms with Crippen LogP contribution in [0.2, 0.25) is 10.0 Å². The van der Waals surface area contributed by atoms with Gasteiger partial charge in [-0.2, -0.15) is 4.37 Å². The zero-order chi connectivity index (χ0) is 22.4. The summed E-state index contributed by atoms with van der Waals surface area (Å²) < 4.78 is 4.95. The molecule has 6 nitrogen and oxygen atoms in total. The normalized spacial score (nSPS) is 12.8.